The van der Waals surface area contributed by atoms with Gasteiger partial charge < -0.3 is 19.3 Å². The van der Waals surface area contributed by atoms with E-state index in [4.69, 9.17) is 26.1 Å². The van der Waals surface area contributed by atoms with Gasteiger partial charge in [0.1, 0.15) is 5.37 Å². The predicted molar refractivity (Wildman–Crippen MR) is 128 cm³/mol. The van der Waals surface area contributed by atoms with Gasteiger partial charge in [0.2, 0.25) is 17.8 Å². The van der Waals surface area contributed by atoms with Crippen molar-refractivity contribution in [2.75, 3.05) is 67.8 Å². The third-order valence-corrected chi connectivity index (χ3v) is 7.33. The molecule has 2 aromatic rings. The lowest BCUT2D eigenvalue weighted by Gasteiger charge is -2.31. The first-order valence-electron chi connectivity index (χ1n) is 11.0. The first-order chi connectivity index (χ1) is 16.1. The molecular weight excluding hydrogens is 466 g/mol. The molecule has 12 heteroatoms. The summed E-state index contributed by atoms with van der Waals surface area (Å²) in [7, 11) is 0. The Balaban J connectivity index is 1.46. The highest BCUT2D eigenvalue weighted by Crippen LogP contribution is 2.42. The molecule has 0 bridgehead atoms. The molecule has 0 unspecified atom stereocenters. The van der Waals surface area contributed by atoms with Crippen molar-refractivity contribution in [1.82, 2.24) is 20.0 Å². The number of morpholine rings is 2. The number of hydrogen-bond donors (Lipinski definition) is 1. The number of hydrogen-bond acceptors (Lipinski definition) is 10. The summed E-state index contributed by atoms with van der Waals surface area (Å²) in [5, 5.41) is 1.85. The molecule has 0 aliphatic carbocycles. The van der Waals surface area contributed by atoms with Crippen molar-refractivity contribution < 1.29 is 14.3 Å². The third-order valence-electron chi connectivity index (χ3n) is 5.73. The summed E-state index contributed by atoms with van der Waals surface area (Å²) in [6, 6.07) is 7.54. The molecule has 0 radical (unpaired) electrons. The monoisotopic (exact) mass is 491 g/mol. The fourth-order valence-electron chi connectivity index (χ4n) is 3.91. The Hall–Kier alpha value is -2.34. The van der Waals surface area contributed by atoms with E-state index < -0.39 is 0 Å². The van der Waals surface area contributed by atoms with Crippen molar-refractivity contribution in [2.24, 2.45) is 0 Å². The van der Waals surface area contributed by atoms with Crippen molar-refractivity contribution >= 4 is 47.1 Å². The van der Waals surface area contributed by atoms with E-state index in [0.717, 1.165) is 5.56 Å². The van der Waals surface area contributed by atoms with Gasteiger partial charge in [0.15, 0.2) is 0 Å². The Morgan fingerprint density at radius 2 is 1.48 bits per heavy atom. The predicted octanol–water partition coefficient (Wildman–Crippen LogP) is 2.19. The number of rotatable bonds is 5. The van der Waals surface area contributed by atoms with Gasteiger partial charge in [-0.25, -0.2) is 5.01 Å². The van der Waals surface area contributed by atoms with Gasteiger partial charge in [-0.3, -0.25) is 10.2 Å². The molecule has 1 aromatic heterocycles. The average Bonchev–Trinajstić information content (AvgIpc) is 3.14. The van der Waals surface area contributed by atoms with E-state index in [1.54, 1.807) is 16.8 Å². The molecule has 3 aliphatic rings. The van der Waals surface area contributed by atoms with Crippen LogP contribution in [0, 0.1) is 0 Å². The maximum absolute atomic E-state index is 13.0. The normalized spacial score (nSPS) is 23.8. The van der Waals surface area contributed by atoms with Gasteiger partial charge in [-0.15, -0.1) is 11.8 Å². The van der Waals surface area contributed by atoms with Crippen molar-refractivity contribution in [3.63, 3.8) is 0 Å². The highest BCUT2D eigenvalue weighted by atomic mass is 35.5. The molecule has 176 valence electrons. The summed E-state index contributed by atoms with van der Waals surface area (Å²) < 4.78 is 11.0. The first-order valence-corrected chi connectivity index (χ1v) is 12.3. The lowest BCUT2D eigenvalue weighted by atomic mass is 10.2. The highest BCUT2D eigenvalue weighted by molar-refractivity contribution is 8.01. The number of halogens is 1. The SMILES string of the molecule is C[C@H]1S[C@@H](c2ccc(Cl)cc2)N(Nc2nc(N3CCOCC3)nc(N3CCOCC3)n2)C1=O. The van der Waals surface area contributed by atoms with E-state index in [1.807, 2.05) is 31.2 Å². The van der Waals surface area contributed by atoms with Gasteiger partial charge in [-0.1, -0.05) is 23.7 Å². The lowest BCUT2D eigenvalue weighted by Crippen LogP contribution is -2.41. The minimum Gasteiger partial charge on any atom is -0.378 e. The molecular formula is C21H26ClN7O3S. The fraction of sp³-hybridized carbons (Fsp3) is 0.524. The van der Waals surface area contributed by atoms with Crippen LogP contribution >= 0.6 is 23.4 Å². The molecule has 33 heavy (non-hydrogen) atoms. The molecule has 10 nitrogen and oxygen atoms in total. The molecule has 0 spiro atoms. The van der Waals surface area contributed by atoms with Crippen LogP contribution < -0.4 is 15.2 Å². The number of benzene rings is 1. The smallest absolute Gasteiger partial charge is 0.255 e. The van der Waals surface area contributed by atoms with Crippen molar-refractivity contribution in [3.8, 4) is 0 Å². The minimum atomic E-state index is -0.222. The molecule has 3 aliphatic heterocycles. The molecule has 1 amide bonds. The van der Waals surface area contributed by atoms with E-state index in [2.05, 4.69) is 25.2 Å². The Kier molecular flexibility index (Phi) is 6.72. The van der Waals surface area contributed by atoms with E-state index in [0.29, 0.717) is 75.5 Å². The summed E-state index contributed by atoms with van der Waals surface area (Å²) in [6.45, 7) is 7.21. The van der Waals surface area contributed by atoms with Gasteiger partial charge in [0.25, 0.3) is 5.91 Å². The Morgan fingerprint density at radius 3 is 2.03 bits per heavy atom. The van der Waals surface area contributed by atoms with Gasteiger partial charge in [0.05, 0.1) is 31.7 Å². The summed E-state index contributed by atoms with van der Waals surface area (Å²) in [5.41, 5.74) is 4.17. The molecule has 3 saturated heterocycles. The second-order valence-corrected chi connectivity index (χ2v) is 9.82. The Morgan fingerprint density at radius 1 is 0.939 bits per heavy atom. The van der Waals surface area contributed by atoms with Crippen LogP contribution in [0.15, 0.2) is 24.3 Å². The molecule has 0 saturated carbocycles. The molecule has 4 heterocycles. The van der Waals surface area contributed by atoms with Gasteiger partial charge in [0, 0.05) is 31.2 Å². The quantitative estimate of drug-likeness (QED) is 0.670. The van der Waals surface area contributed by atoms with E-state index in [-0.39, 0.29) is 16.5 Å². The summed E-state index contributed by atoms with van der Waals surface area (Å²) in [5.74, 6) is 1.47. The van der Waals surface area contributed by atoms with Crippen LogP contribution in [0.2, 0.25) is 5.02 Å². The van der Waals surface area contributed by atoms with Crippen LogP contribution in [0.4, 0.5) is 17.8 Å². The number of carbonyl (C=O) groups is 1. The summed E-state index contributed by atoms with van der Waals surface area (Å²) in [4.78, 5) is 31.3. The van der Waals surface area contributed by atoms with E-state index in [9.17, 15) is 4.79 Å². The summed E-state index contributed by atoms with van der Waals surface area (Å²) >= 11 is 7.64. The Labute approximate surface area is 201 Å². The van der Waals surface area contributed by atoms with Crippen LogP contribution in [-0.2, 0) is 14.3 Å². The Bertz CT molecular complexity index is 950. The van der Waals surface area contributed by atoms with Crippen LogP contribution in [-0.4, -0.2) is 83.7 Å². The van der Waals surface area contributed by atoms with Crippen LogP contribution in [0.25, 0.3) is 0 Å². The zero-order chi connectivity index (χ0) is 22.8. The number of carbonyl (C=O) groups excluding carboxylic acids is 1. The number of nitrogens with one attached hydrogen (secondary N) is 1. The van der Waals surface area contributed by atoms with Gasteiger partial charge in [-0.2, -0.15) is 15.0 Å². The van der Waals surface area contributed by atoms with Crippen LogP contribution in [0.1, 0.15) is 17.9 Å². The van der Waals surface area contributed by atoms with Gasteiger partial charge in [-0.05, 0) is 24.6 Å². The zero-order valence-electron chi connectivity index (χ0n) is 18.3. The number of ether oxygens (including phenoxy) is 2. The largest absolute Gasteiger partial charge is 0.378 e. The van der Waals surface area contributed by atoms with Crippen molar-refractivity contribution in [2.45, 2.75) is 17.5 Å². The van der Waals surface area contributed by atoms with E-state index in [1.165, 1.54) is 0 Å². The lowest BCUT2D eigenvalue weighted by molar-refractivity contribution is -0.128. The number of hydrazine groups is 1. The van der Waals surface area contributed by atoms with Gasteiger partial charge >= 0.3 is 0 Å². The maximum atomic E-state index is 13.0. The van der Waals surface area contributed by atoms with E-state index >= 15 is 0 Å². The molecule has 1 aromatic carbocycles. The number of nitrogens with zero attached hydrogens (tertiary/aromatic N) is 6. The average molecular weight is 492 g/mol. The number of anilines is 3. The third kappa shape index (κ3) is 4.96. The first kappa shape index (κ1) is 22.5. The number of amides is 1. The fourth-order valence-corrected chi connectivity index (χ4v) is 5.25. The summed E-state index contributed by atoms with van der Waals surface area (Å²) in [6.07, 6.45) is 0. The topological polar surface area (TPSA) is 95.9 Å². The van der Waals surface area contributed by atoms with Crippen LogP contribution in [0.3, 0.4) is 0 Å². The zero-order valence-corrected chi connectivity index (χ0v) is 19.9. The molecule has 1 N–H and O–H groups in total. The van der Waals surface area contributed by atoms with Crippen molar-refractivity contribution in [3.05, 3.63) is 34.9 Å². The molecule has 5 rings (SSSR count). The number of aromatic nitrogens is 3. The maximum Gasteiger partial charge on any atom is 0.255 e. The van der Waals surface area contributed by atoms with Crippen molar-refractivity contribution in [1.29, 1.82) is 0 Å². The second-order valence-electron chi connectivity index (χ2n) is 7.96. The highest BCUT2D eigenvalue weighted by Gasteiger charge is 2.39. The second kappa shape index (κ2) is 9.88. The minimum absolute atomic E-state index is 0.0267. The molecule has 2 atom stereocenters. The molecule has 3 fully saturated rings. The number of thioether (sulfide) groups is 1. The standard InChI is InChI=1S/C21H26ClN7O3S/c1-14-17(30)29(18(33-14)15-2-4-16(22)5-3-15)26-19-23-20(27-6-10-31-11-7-27)25-21(24-19)28-8-12-32-13-9-28/h2-5,14,18H,6-13H2,1H3,(H,23,24,25,26)/t14-,18+/m1/s1. The van der Waals surface area contributed by atoms with Crippen LogP contribution in [0.5, 0.6) is 0 Å².